The highest BCUT2D eigenvalue weighted by atomic mass is 35.5. The zero-order valence-corrected chi connectivity index (χ0v) is 24.5. The molecule has 0 saturated carbocycles. The lowest BCUT2D eigenvalue weighted by atomic mass is 10.0. The molecule has 0 heterocycles. The summed E-state index contributed by atoms with van der Waals surface area (Å²) in [4.78, 5) is 28.9. The van der Waals surface area contributed by atoms with E-state index in [1.165, 1.54) is 36.2 Å². The molecule has 0 spiro atoms. The number of nitrogens with one attached hydrogen (secondary N) is 1. The molecule has 3 aromatic rings. The highest BCUT2D eigenvalue weighted by molar-refractivity contribution is 7.89. The fourth-order valence-electron chi connectivity index (χ4n) is 3.93. The molecule has 0 radical (unpaired) electrons. The Balaban J connectivity index is 1.97. The minimum atomic E-state index is -3.98. The smallest absolute Gasteiger partial charge is 0.243 e. The molecule has 2 amide bonds. The minimum absolute atomic E-state index is 0.0156. The summed E-state index contributed by atoms with van der Waals surface area (Å²) in [6.45, 7) is 3.50. The number of hydrogen-bond donors (Lipinski definition) is 1. The largest absolute Gasteiger partial charge is 0.352 e. The standard InChI is InChI=1S/C29H33Cl2N3O4S/c1-4-21(2)32-29(36)27(18-22-8-6-5-7-9-22)34(19-23-10-12-24(30)13-11-23)28(35)20-33(3)39(37,38)26-16-14-25(31)15-17-26/h5-17,21,27H,4,18-20H2,1-3H3,(H,32,36)/t21-,27-/m0/s1. The Morgan fingerprint density at radius 3 is 2.00 bits per heavy atom. The van der Waals surface area contributed by atoms with Crippen molar-refractivity contribution >= 4 is 45.0 Å². The maximum atomic E-state index is 13.8. The number of benzene rings is 3. The van der Waals surface area contributed by atoms with Gasteiger partial charge in [-0.3, -0.25) is 9.59 Å². The average molecular weight is 591 g/mol. The molecular formula is C29H33Cl2N3O4S. The number of nitrogens with zero attached hydrogens (tertiary/aromatic N) is 2. The Labute approximate surface area is 240 Å². The van der Waals surface area contributed by atoms with E-state index in [-0.39, 0.29) is 29.8 Å². The van der Waals surface area contributed by atoms with Crippen LogP contribution in [-0.4, -0.2) is 55.1 Å². The highest BCUT2D eigenvalue weighted by Crippen LogP contribution is 2.20. The van der Waals surface area contributed by atoms with Crippen molar-refractivity contribution in [1.82, 2.24) is 14.5 Å². The Kier molecular flexibility index (Phi) is 10.9. The molecule has 3 aromatic carbocycles. The van der Waals surface area contributed by atoms with Gasteiger partial charge >= 0.3 is 0 Å². The van der Waals surface area contributed by atoms with Crippen molar-refractivity contribution in [1.29, 1.82) is 0 Å². The maximum Gasteiger partial charge on any atom is 0.243 e. The van der Waals surface area contributed by atoms with Crippen molar-refractivity contribution in [2.24, 2.45) is 0 Å². The van der Waals surface area contributed by atoms with Gasteiger partial charge in [-0.05, 0) is 60.9 Å². The number of hydrogen-bond acceptors (Lipinski definition) is 4. The van der Waals surface area contributed by atoms with E-state index in [2.05, 4.69) is 5.32 Å². The van der Waals surface area contributed by atoms with Gasteiger partial charge in [-0.25, -0.2) is 8.42 Å². The van der Waals surface area contributed by atoms with Crippen molar-refractivity contribution in [2.45, 2.75) is 50.2 Å². The van der Waals surface area contributed by atoms with Crippen LogP contribution in [0.5, 0.6) is 0 Å². The van der Waals surface area contributed by atoms with Gasteiger partial charge in [0.05, 0.1) is 11.4 Å². The second-order valence-electron chi connectivity index (χ2n) is 9.39. The van der Waals surface area contributed by atoms with E-state index >= 15 is 0 Å². The van der Waals surface area contributed by atoms with Crippen LogP contribution < -0.4 is 5.32 Å². The summed E-state index contributed by atoms with van der Waals surface area (Å²) in [5, 5.41) is 3.94. The first kappa shape index (κ1) is 30.6. The first-order valence-electron chi connectivity index (χ1n) is 12.6. The first-order chi connectivity index (χ1) is 18.5. The van der Waals surface area contributed by atoms with Crippen LogP contribution in [0.1, 0.15) is 31.4 Å². The lowest BCUT2D eigenvalue weighted by molar-refractivity contribution is -0.141. The molecule has 0 aliphatic heterocycles. The lowest BCUT2D eigenvalue weighted by Gasteiger charge is -2.33. The first-order valence-corrected chi connectivity index (χ1v) is 14.8. The van der Waals surface area contributed by atoms with Crippen molar-refractivity contribution in [3.63, 3.8) is 0 Å². The van der Waals surface area contributed by atoms with Crippen LogP contribution in [0.2, 0.25) is 10.0 Å². The molecule has 0 unspecified atom stereocenters. The average Bonchev–Trinajstić information content (AvgIpc) is 2.92. The molecule has 39 heavy (non-hydrogen) atoms. The fourth-order valence-corrected chi connectivity index (χ4v) is 5.31. The van der Waals surface area contributed by atoms with E-state index in [4.69, 9.17) is 23.2 Å². The second-order valence-corrected chi connectivity index (χ2v) is 12.3. The predicted octanol–water partition coefficient (Wildman–Crippen LogP) is 5.17. The minimum Gasteiger partial charge on any atom is -0.352 e. The van der Waals surface area contributed by atoms with Crippen LogP contribution in [0.15, 0.2) is 83.8 Å². The molecule has 1 N–H and O–H groups in total. The number of likely N-dealkylation sites (N-methyl/N-ethyl adjacent to an activating group) is 1. The number of carbonyl (C=O) groups is 2. The molecule has 0 aliphatic rings. The highest BCUT2D eigenvalue weighted by Gasteiger charge is 2.33. The lowest BCUT2D eigenvalue weighted by Crippen LogP contribution is -2.54. The van der Waals surface area contributed by atoms with Crippen molar-refractivity contribution < 1.29 is 18.0 Å². The second kappa shape index (κ2) is 13.9. The zero-order chi connectivity index (χ0) is 28.6. The number of halogens is 2. The topological polar surface area (TPSA) is 86.8 Å². The van der Waals surface area contributed by atoms with E-state index in [9.17, 15) is 18.0 Å². The maximum absolute atomic E-state index is 13.8. The predicted molar refractivity (Wildman–Crippen MR) is 155 cm³/mol. The van der Waals surface area contributed by atoms with E-state index in [1.807, 2.05) is 44.2 Å². The molecular weight excluding hydrogens is 557 g/mol. The fraction of sp³-hybridized carbons (Fsp3) is 0.310. The number of carbonyl (C=O) groups excluding carboxylic acids is 2. The summed E-state index contributed by atoms with van der Waals surface area (Å²) >= 11 is 12.0. The van der Waals surface area contributed by atoms with Gasteiger partial charge in [0.1, 0.15) is 6.04 Å². The van der Waals surface area contributed by atoms with Gasteiger partial charge in [-0.2, -0.15) is 4.31 Å². The molecule has 0 aromatic heterocycles. The third kappa shape index (κ3) is 8.54. The molecule has 208 valence electrons. The van der Waals surface area contributed by atoms with Gasteiger partial charge in [0.2, 0.25) is 21.8 Å². The molecule has 3 rings (SSSR count). The Hall–Kier alpha value is -2.91. The van der Waals surface area contributed by atoms with Crippen LogP contribution in [0.3, 0.4) is 0 Å². The van der Waals surface area contributed by atoms with Crippen LogP contribution in [0.25, 0.3) is 0 Å². The van der Waals surface area contributed by atoms with Crippen LogP contribution in [0, 0.1) is 0 Å². The normalized spacial score (nSPS) is 13.1. The van der Waals surface area contributed by atoms with Gasteiger partial charge in [-0.15, -0.1) is 0 Å². The van der Waals surface area contributed by atoms with Gasteiger partial charge < -0.3 is 10.2 Å². The summed E-state index contributed by atoms with van der Waals surface area (Å²) in [5.74, 6) is -0.816. The van der Waals surface area contributed by atoms with Gasteiger partial charge in [0.25, 0.3) is 0 Å². The monoisotopic (exact) mass is 589 g/mol. The van der Waals surface area contributed by atoms with E-state index in [0.29, 0.717) is 10.0 Å². The van der Waals surface area contributed by atoms with Crippen LogP contribution >= 0.6 is 23.2 Å². The molecule has 0 aliphatic carbocycles. The molecule has 0 fully saturated rings. The summed E-state index contributed by atoms with van der Waals surface area (Å²) in [7, 11) is -2.64. The van der Waals surface area contributed by atoms with Crippen molar-refractivity contribution in [3.05, 3.63) is 100 Å². The third-order valence-corrected chi connectivity index (χ3v) is 8.74. The van der Waals surface area contributed by atoms with E-state index in [0.717, 1.165) is 21.9 Å². The molecule has 7 nitrogen and oxygen atoms in total. The third-order valence-electron chi connectivity index (χ3n) is 6.42. The molecule has 2 atom stereocenters. The number of amides is 2. The zero-order valence-electron chi connectivity index (χ0n) is 22.2. The Bertz CT molecular complexity index is 1350. The van der Waals surface area contributed by atoms with Crippen molar-refractivity contribution in [3.8, 4) is 0 Å². The summed E-state index contributed by atoms with van der Waals surface area (Å²) in [6.07, 6.45) is 0.979. The van der Waals surface area contributed by atoms with Crippen LogP contribution in [0.4, 0.5) is 0 Å². The van der Waals surface area contributed by atoms with Crippen LogP contribution in [-0.2, 0) is 32.6 Å². The molecule has 0 bridgehead atoms. The van der Waals surface area contributed by atoms with Gasteiger partial charge in [-0.1, -0.05) is 72.6 Å². The SMILES string of the molecule is CC[C@H](C)NC(=O)[C@H](Cc1ccccc1)N(Cc1ccc(Cl)cc1)C(=O)CN(C)S(=O)(=O)c1ccc(Cl)cc1. The molecule has 0 saturated heterocycles. The van der Waals surface area contributed by atoms with E-state index in [1.54, 1.807) is 24.3 Å². The quantitative estimate of drug-likeness (QED) is 0.316. The van der Waals surface area contributed by atoms with E-state index < -0.39 is 28.5 Å². The summed E-state index contributed by atoms with van der Waals surface area (Å²) in [6, 6.07) is 21.2. The number of rotatable bonds is 12. The summed E-state index contributed by atoms with van der Waals surface area (Å²) < 4.78 is 27.4. The Morgan fingerprint density at radius 1 is 0.872 bits per heavy atom. The summed E-state index contributed by atoms with van der Waals surface area (Å²) in [5.41, 5.74) is 1.63. The van der Waals surface area contributed by atoms with Crippen molar-refractivity contribution in [2.75, 3.05) is 13.6 Å². The van der Waals surface area contributed by atoms with Gasteiger partial charge in [0, 0.05) is 36.1 Å². The number of sulfonamides is 1. The molecule has 10 heteroatoms. The Morgan fingerprint density at radius 2 is 1.44 bits per heavy atom. The van der Waals surface area contributed by atoms with Gasteiger partial charge in [0.15, 0.2) is 0 Å².